The number of hydrogen-bond acceptors (Lipinski definition) is 11. The lowest BCUT2D eigenvalue weighted by Gasteiger charge is -2.27. The Kier molecular flexibility index (Phi) is 9.04. The maximum Gasteiger partial charge on any atom is 0.227 e. The fraction of sp³-hybridized carbons (Fsp3) is 0.0423. The highest BCUT2D eigenvalue weighted by Crippen LogP contribution is 2.52. The minimum Gasteiger partial charge on any atom is -0.456 e. The van der Waals surface area contributed by atoms with E-state index in [9.17, 15) is 0 Å². The third kappa shape index (κ3) is 6.46. The van der Waals surface area contributed by atoms with Crippen molar-refractivity contribution in [1.29, 1.82) is 0 Å². The van der Waals surface area contributed by atoms with Gasteiger partial charge in [0.2, 0.25) is 22.9 Å². The van der Waals surface area contributed by atoms with Crippen LogP contribution in [0.25, 0.3) is 132 Å². The molecule has 9 heterocycles. The van der Waals surface area contributed by atoms with Gasteiger partial charge in [-0.25, -0.2) is 19.9 Å². The topological polar surface area (TPSA) is 124 Å². The Morgan fingerprint density at radius 2 is 0.780 bits per heavy atom. The van der Waals surface area contributed by atoms with Gasteiger partial charge >= 0.3 is 0 Å². The highest BCUT2D eigenvalue weighted by Gasteiger charge is 2.36. The van der Waals surface area contributed by atoms with Gasteiger partial charge in [0.1, 0.15) is 33.5 Å². The van der Waals surface area contributed by atoms with Crippen molar-refractivity contribution < 1.29 is 22.1 Å². The number of aromatic nitrogens is 4. The summed E-state index contributed by atoms with van der Waals surface area (Å²) in [7, 11) is 0. The van der Waals surface area contributed by atoms with Gasteiger partial charge in [-0.2, -0.15) is 0 Å². The van der Waals surface area contributed by atoms with Crippen LogP contribution in [0.2, 0.25) is 0 Å². The number of nitrogens with zero attached hydrogens (tertiary/aromatic N) is 6. The summed E-state index contributed by atoms with van der Waals surface area (Å²) >= 11 is 0. The summed E-state index contributed by atoms with van der Waals surface area (Å²) in [6.45, 7) is 4.62. The first-order valence-corrected chi connectivity index (χ1v) is 27.3. The van der Waals surface area contributed by atoms with Crippen LogP contribution in [0.15, 0.2) is 241 Å². The van der Waals surface area contributed by atoms with Crippen molar-refractivity contribution in [2.75, 3.05) is 9.80 Å². The minimum atomic E-state index is -0.128. The van der Waals surface area contributed by atoms with Crippen LogP contribution in [0.4, 0.5) is 34.1 Å². The molecule has 0 unspecified atom stereocenters. The van der Waals surface area contributed by atoms with Gasteiger partial charge in [0.05, 0.1) is 11.1 Å². The third-order valence-electron chi connectivity index (χ3n) is 16.9. The second-order valence-corrected chi connectivity index (χ2v) is 21.8. The molecule has 18 rings (SSSR count). The lowest BCUT2D eigenvalue weighted by molar-refractivity contribution is 0.653. The quantitative estimate of drug-likeness (QED) is 0.152. The van der Waals surface area contributed by atoms with E-state index >= 15 is 0 Å². The summed E-state index contributed by atoms with van der Waals surface area (Å²) in [6.07, 6.45) is 7.23. The van der Waals surface area contributed by atoms with Crippen molar-refractivity contribution in [1.82, 2.24) is 19.9 Å². The van der Waals surface area contributed by atoms with Gasteiger partial charge in [0, 0.05) is 143 Å². The molecule has 0 aliphatic heterocycles. The Hall–Kier alpha value is -11.0. The largest absolute Gasteiger partial charge is 0.456 e. The number of rotatable bonds is 7. The molecule has 82 heavy (non-hydrogen) atoms. The van der Waals surface area contributed by atoms with E-state index in [4.69, 9.17) is 32.1 Å². The van der Waals surface area contributed by atoms with Crippen molar-refractivity contribution >= 4 is 144 Å². The summed E-state index contributed by atoms with van der Waals surface area (Å²) < 4.78 is 32.4. The van der Waals surface area contributed by atoms with E-state index in [1.165, 1.54) is 22.3 Å². The van der Waals surface area contributed by atoms with Gasteiger partial charge in [-0.1, -0.05) is 68.4 Å². The SMILES string of the molecule is CC1(C)c2ccccc2-c2cc(N(c3ccc4c(c3)oc3ncccc34)c3ccc4c(c3)oc3ncc(-c5cnc6oc7cc(N(c8ccc9c(c8)oc8ncccc89)c8cccc9oc%10ccccc%10c89)ccc7c6c5)cc34)ccc21. The molecule has 1 aliphatic carbocycles. The van der Waals surface area contributed by atoms with Gasteiger partial charge in [-0.05, 0) is 138 Å². The van der Waals surface area contributed by atoms with Gasteiger partial charge in [-0.15, -0.1) is 0 Å². The van der Waals surface area contributed by atoms with Crippen molar-refractivity contribution in [3.63, 3.8) is 0 Å². The van der Waals surface area contributed by atoms with Crippen LogP contribution >= 0.6 is 0 Å². The summed E-state index contributed by atoms with van der Waals surface area (Å²) in [5, 5.41) is 9.66. The molecule has 0 radical (unpaired) electrons. The fourth-order valence-corrected chi connectivity index (χ4v) is 13.0. The molecule has 386 valence electrons. The number of para-hydroxylation sites is 1. The van der Waals surface area contributed by atoms with Crippen LogP contribution in [0.1, 0.15) is 25.0 Å². The van der Waals surface area contributed by atoms with Crippen LogP contribution in [-0.4, -0.2) is 19.9 Å². The molecule has 8 aromatic carbocycles. The molecule has 0 spiro atoms. The second-order valence-electron chi connectivity index (χ2n) is 21.8. The molecule has 17 aromatic rings. The Morgan fingerprint density at radius 1 is 0.317 bits per heavy atom. The first kappa shape index (κ1) is 44.9. The zero-order valence-corrected chi connectivity index (χ0v) is 44.0. The molecule has 1 aliphatic rings. The van der Waals surface area contributed by atoms with Crippen molar-refractivity contribution in [2.24, 2.45) is 0 Å². The van der Waals surface area contributed by atoms with E-state index in [0.717, 1.165) is 127 Å². The summed E-state index contributed by atoms with van der Waals surface area (Å²) in [4.78, 5) is 23.4. The molecule has 0 atom stereocenters. The zero-order chi connectivity index (χ0) is 53.9. The average molecular weight is 1060 g/mol. The first-order valence-electron chi connectivity index (χ1n) is 27.3. The van der Waals surface area contributed by atoms with Gasteiger partial charge in [0.25, 0.3) is 0 Å². The molecule has 0 fully saturated rings. The van der Waals surface area contributed by atoms with Crippen molar-refractivity contribution in [3.8, 4) is 22.3 Å². The molecule has 11 heteroatoms. The average Bonchev–Trinajstić information content (AvgIpc) is 3.06. The molecule has 0 N–H and O–H groups in total. The number of anilines is 6. The van der Waals surface area contributed by atoms with Crippen LogP contribution < -0.4 is 9.80 Å². The maximum absolute atomic E-state index is 6.64. The lowest BCUT2D eigenvalue weighted by atomic mass is 9.82. The highest BCUT2D eigenvalue weighted by molar-refractivity contribution is 6.15. The minimum absolute atomic E-state index is 0.128. The molecule has 0 amide bonds. The monoisotopic (exact) mass is 1060 g/mol. The number of benzene rings is 8. The number of fused-ring (bicyclic) bond motifs is 18. The molecular weight excluding hydrogens is 1020 g/mol. The van der Waals surface area contributed by atoms with E-state index in [-0.39, 0.29) is 5.41 Å². The van der Waals surface area contributed by atoms with Crippen LogP contribution in [0, 0.1) is 0 Å². The Bertz CT molecular complexity index is 5570. The molecular formula is C71H42N6O5. The van der Waals surface area contributed by atoms with Crippen LogP contribution in [0.3, 0.4) is 0 Å². The predicted octanol–water partition coefficient (Wildman–Crippen LogP) is 19.7. The smallest absolute Gasteiger partial charge is 0.227 e. The molecule has 9 aromatic heterocycles. The Morgan fingerprint density at radius 3 is 1.38 bits per heavy atom. The maximum atomic E-state index is 6.64. The fourth-order valence-electron chi connectivity index (χ4n) is 13.0. The third-order valence-corrected chi connectivity index (χ3v) is 16.9. The second kappa shape index (κ2) is 16.5. The van der Waals surface area contributed by atoms with Gasteiger partial charge < -0.3 is 31.9 Å². The highest BCUT2D eigenvalue weighted by atomic mass is 16.4. The summed E-state index contributed by atoms with van der Waals surface area (Å²) in [5.41, 5.74) is 19.2. The summed E-state index contributed by atoms with van der Waals surface area (Å²) in [5.74, 6) is 0. The number of furan rings is 5. The van der Waals surface area contributed by atoms with Gasteiger partial charge in [-0.3, -0.25) is 0 Å². The Balaban J connectivity index is 0.733. The Labute approximate surface area is 465 Å². The van der Waals surface area contributed by atoms with Crippen LogP contribution in [-0.2, 0) is 5.41 Å². The molecule has 0 bridgehead atoms. The zero-order valence-electron chi connectivity index (χ0n) is 44.0. The van der Waals surface area contributed by atoms with Crippen molar-refractivity contribution in [2.45, 2.75) is 19.3 Å². The van der Waals surface area contributed by atoms with Crippen LogP contribution in [0.5, 0.6) is 0 Å². The van der Waals surface area contributed by atoms with E-state index in [1.807, 2.05) is 60.9 Å². The first-order chi connectivity index (χ1) is 40.3. The van der Waals surface area contributed by atoms with E-state index in [0.29, 0.717) is 28.4 Å². The number of hydrogen-bond donors (Lipinski definition) is 0. The standard InChI is InChI=1S/C71H42N6O5/c1-71(2)57-14-5-3-10-46(57)54-32-41(22-27-58(54)71)76(42-18-23-47-51-12-8-28-72-67(51)79-62(47)33-42)43-19-25-49-55-30-39(37-74-69(55)81-64(49)34-43)40-31-56-50-26-21-45(36-65(50)82-70(56)75-38-40)77(44-20-24-48-52-13-9-29-73-68(52)80-63(48)35-44)59-15-7-17-61-66(59)53-11-4-6-16-60(53)78-61/h3-38H,1-2H3. The molecule has 11 nitrogen and oxygen atoms in total. The van der Waals surface area contributed by atoms with Gasteiger partial charge in [0.15, 0.2) is 0 Å². The molecule has 0 saturated carbocycles. The van der Waals surface area contributed by atoms with E-state index < -0.39 is 0 Å². The summed E-state index contributed by atoms with van der Waals surface area (Å²) in [6, 6.07) is 67.6. The van der Waals surface area contributed by atoms with Crippen molar-refractivity contribution in [3.05, 3.63) is 230 Å². The normalized spacial score (nSPS) is 13.1. The predicted molar refractivity (Wildman–Crippen MR) is 326 cm³/mol. The van der Waals surface area contributed by atoms with E-state index in [2.05, 4.69) is 179 Å². The molecule has 0 saturated heterocycles. The number of pyridine rings is 4. The lowest BCUT2D eigenvalue weighted by Crippen LogP contribution is -2.15. The van der Waals surface area contributed by atoms with E-state index in [1.54, 1.807) is 12.4 Å².